The minimum atomic E-state index is 0.862. The number of rotatable bonds is 5. The van der Waals surface area contributed by atoms with Gasteiger partial charge in [0.2, 0.25) is 0 Å². The summed E-state index contributed by atoms with van der Waals surface area (Å²) in [5.41, 5.74) is 2.61. The van der Waals surface area contributed by atoms with Crippen LogP contribution in [0.5, 0.6) is 0 Å². The second kappa shape index (κ2) is 6.06. The van der Waals surface area contributed by atoms with Gasteiger partial charge in [0.05, 0.1) is 10.2 Å². The molecule has 20 heavy (non-hydrogen) atoms. The van der Waals surface area contributed by atoms with Crippen molar-refractivity contribution in [2.75, 3.05) is 0 Å². The third-order valence-corrected chi connectivity index (χ3v) is 5.07. The molecular weight excluding hydrogens is 282 g/mol. The van der Waals surface area contributed by atoms with Crippen molar-refractivity contribution in [1.82, 2.24) is 4.98 Å². The number of H-pyrrole nitrogens is 1. The molecule has 0 fully saturated rings. The van der Waals surface area contributed by atoms with Crippen LogP contribution < -0.4 is 0 Å². The smallest absolute Gasteiger partial charge is 0.159 e. The van der Waals surface area contributed by atoms with Gasteiger partial charge in [-0.1, -0.05) is 44.4 Å². The molecule has 2 aromatic carbocycles. The number of aromatic amines is 1. The van der Waals surface area contributed by atoms with Crippen LogP contribution in [-0.4, -0.2) is 4.98 Å². The van der Waals surface area contributed by atoms with E-state index in [1.165, 1.54) is 53.1 Å². The fourth-order valence-electron chi connectivity index (χ4n) is 2.69. The third kappa shape index (κ3) is 2.79. The predicted octanol–water partition coefficient (Wildman–Crippen LogP) is 6.23. The van der Waals surface area contributed by atoms with Gasteiger partial charge < -0.3 is 4.98 Å². The van der Waals surface area contributed by atoms with E-state index < -0.39 is 0 Å². The van der Waals surface area contributed by atoms with Crippen molar-refractivity contribution in [3.05, 3.63) is 39.8 Å². The van der Waals surface area contributed by atoms with Crippen LogP contribution in [0.3, 0.4) is 0 Å². The molecule has 3 aromatic rings. The van der Waals surface area contributed by atoms with Crippen LogP contribution in [0, 0.1) is 3.95 Å². The Morgan fingerprint density at radius 3 is 2.80 bits per heavy atom. The van der Waals surface area contributed by atoms with E-state index in [0.717, 1.165) is 9.47 Å². The van der Waals surface area contributed by atoms with Gasteiger partial charge in [0.25, 0.3) is 0 Å². The van der Waals surface area contributed by atoms with Gasteiger partial charge in [0.15, 0.2) is 3.95 Å². The molecule has 1 nitrogen and oxygen atoms in total. The first kappa shape index (κ1) is 13.8. The average molecular weight is 301 g/mol. The highest BCUT2D eigenvalue weighted by atomic mass is 32.1. The fraction of sp³-hybridized carbons (Fsp3) is 0.353. The maximum Gasteiger partial charge on any atom is 0.159 e. The molecule has 3 heteroatoms. The number of nitrogens with one attached hydrogen (secondary N) is 1. The maximum absolute atomic E-state index is 5.27. The number of aryl methyl sites for hydroxylation is 1. The Morgan fingerprint density at radius 2 is 1.95 bits per heavy atom. The van der Waals surface area contributed by atoms with E-state index in [-0.39, 0.29) is 0 Å². The minimum Gasteiger partial charge on any atom is -0.337 e. The highest BCUT2D eigenvalue weighted by Crippen LogP contribution is 2.30. The lowest BCUT2D eigenvalue weighted by atomic mass is 10.0. The SMILES string of the molecule is CCCCCCc1ccc2ccc3[nH]c(=S)sc3c2c1. The highest BCUT2D eigenvalue weighted by molar-refractivity contribution is 7.73. The lowest BCUT2D eigenvalue weighted by molar-refractivity contribution is 0.667. The Hall–Kier alpha value is -1.19. The normalized spacial score (nSPS) is 11.4. The molecule has 0 saturated carbocycles. The van der Waals surface area contributed by atoms with E-state index in [1.807, 2.05) is 0 Å². The molecule has 1 heterocycles. The van der Waals surface area contributed by atoms with E-state index in [0.29, 0.717) is 0 Å². The molecule has 0 aliphatic rings. The number of benzene rings is 2. The molecule has 0 amide bonds. The van der Waals surface area contributed by atoms with Crippen LogP contribution in [0.2, 0.25) is 0 Å². The van der Waals surface area contributed by atoms with Gasteiger partial charge in [-0.2, -0.15) is 0 Å². The summed E-state index contributed by atoms with van der Waals surface area (Å²) in [6.07, 6.45) is 6.45. The van der Waals surface area contributed by atoms with Crippen molar-refractivity contribution >= 4 is 44.5 Å². The van der Waals surface area contributed by atoms with E-state index in [9.17, 15) is 0 Å². The van der Waals surface area contributed by atoms with Crippen molar-refractivity contribution in [2.24, 2.45) is 0 Å². The second-order valence-corrected chi connectivity index (χ2v) is 7.01. The van der Waals surface area contributed by atoms with Crippen LogP contribution in [-0.2, 0) is 6.42 Å². The monoisotopic (exact) mass is 301 g/mol. The first-order chi connectivity index (χ1) is 9.78. The van der Waals surface area contributed by atoms with Gasteiger partial charge in [0, 0.05) is 5.39 Å². The third-order valence-electron chi connectivity index (χ3n) is 3.79. The molecular formula is C17H19NS2. The fourth-order valence-corrected chi connectivity index (χ4v) is 3.91. The Morgan fingerprint density at radius 1 is 1.10 bits per heavy atom. The summed E-state index contributed by atoms with van der Waals surface area (Å²) in [6, 6.07) is 11.2. The van der Waals surface area contributed by atoms with Crippen molar-refractivity contribution in [3.8, 4) is 0 Å². The summed E-state index contributed by atoms with van der Waals surface area (Å²) in [5.74, 6) is 0. The molecule has 0 saturated heterocycles. The summed E-state index contributed by atoms with van der Waals surface area (Å²) < 4.78 is 2.16. The van der Waals surface area contributed by atoms with Crippen molar-refractivity contribution in [3.63, 3.8) is 0 Å². The van der Waals surface area contributed by atoms with E-state index in [4.69, 9.17) is 12.2 Å². The lowest BCUT2D eigenvalue weighted by Gasteiger charge is -2.05. The number of thiazole rings is 1. The predicted molar refractivity (Wildman–Crippen MR) is 92.4 cm³/mol. The topological polar surface area (TPSA) is 15.8 Å². The van der Waals surface area contributed by atoms with Crippen molar-refractivity contribution < 1.29 is 0 Å². The Bertz CT molecular complexity index is 782. The second-order valence-electron chi connectivity index (χ2n) is 5.32. The standard InChI is InChI=1S/C17H19NS2/c1-2-3-4-5-6-12-7-8-13-9-10-15-16(14(13)11-12)20-17(19)18-15/h7-11H,2-6H2,1H3,(H,18,19). The summed E-state index contributed by atoms with van der Waals surface area (Å²) >= 11 is 6.95. The van der Waals surface area contributed by atoms with Crippen molar-refractivity contribution in [2.45, 2.75) is 39.0 Å². The molecule has 0 radical (unpaired) electrons. The zero-order valence-electron chi connectivity index (χ0n) is 11.7. The molecule has 0 aliphatic heterocycles. The molecule has 0 unspecified atom stereocenters. The van der Waals surface area contributed by atoms with Crippen LogP contribution >= 0.6 is 23.6 Å². The molecule has 104 valence electrons. The van der Waals surface area contributed by atoms with Gasteiger partial charge in [-0.25, -0.2) is 0 Å². The zero-order valence-corrected chi connectivity index (χ0v) is 13.4. The Kier molecular flexibility index (Phi) is 4.18. The van der Waals surface area contributed by atoms with Gasteiger partial charge in [-0.05, 0) is 48.1 Å². The molecule has 0 atom stereocenters. The van der Waals surface area contributed by atoms with Crippen LogP contribution in [0.1, 0.15) is 38.2 Å². The molecule has 1 N–H and O–H groups in total. The quantitative estimate of drug-likeness (QED) is 0.436. The Labute approximate surface area is 128 Å². The van der Waals surface area contributed by atoms with Crippen LogP contribution in [0.15, 0.2) is 30.3 Å². The van der Waals surface area contributed by atoms with Gasteiger partial charge >= 0.3 is 0 Å². The summed E-state index contributed by atoms with van der Waals surface area (Å²) in [6.45, 7) is 2.26. The number of hydrogen-bond donors (Lipinski definition) is 1. The first-order valence-corrected chi connectivity index (χ1v) is 8.55. The highest BCUT2D eigenvalue weighted by Gasteiger charge is 2.04. The largest absolute Gasteiger partial charge is 0.337 e. The summed E-state index contributed by atoms with van der Waals surface area (Å²) in [7, 11) is 0. The molecule has 3 rings (SSSR count). The number of unbranched alkanes of at least 4 members (excludes halogenated alkanes) is 3. The lowest BCUT2D eigenvalue weighted by Crippen LogP contribution is -1.86. The van der Waals surface area contributed by atoms with Crippen LogP contribution in [0.25, 0.3) is 21.0 Å². The van der Waals surface area contributed by atoms with Gasteiger partial charge in [-0.3, -0.25) is 0 Å². The molecule has 0 bridgehead atoms. The molecule has 0 spiro atoms. The van der Waals surface area contributed by atoms with Crippen LogP contribution in [0.4, 0.5) is 0 Å². The van der Waals surface area contributed by atoms with Crippen molar-refractivity contribution in [1.29, 1.82) is 0 Å². The van der Waals surface area contributed by atoms with E-state index in [2.05, 4.69) is 42.2 Å². The average Bonchev–Trinajstić information content (AvgIpc) is 2.84. The van der Waals surface area contributed by atoms with E-state index >= 15 is 0 Å². The summed E-state index contributed by atoms with van der Waals surface area (Å²) in [4.78, 5) is 3.26. The van der Waals surface area contributed by atoms with Gasteiger partial charge in [-0.15, -0.1) is 11.3 Å². The first-order valence-electron chi connectivity index (χ1n) is 7.32. The molecule has 1 aromatic heterocycles. The Balaban J connectivity index is 1.96. The number of aromatic nitrogens is 1. The number of hydrogen-bond acceptors (Lipinski definition) is 2. The zero-order chi connectivity index (χ0) is 13.9. The maximum atomic E-state index is 5.27. The van der Waals surface area contributed by atoms with E-state index in [1.54, 1.807) is 11.3 Å². The summed E-state index contributed by atoms with van der Waals surface area (Å²) in [5, 5.41) is 2.65. The minimum absolute atomic E-state index is 0.862. The number of fused-ring (bicyclic) bond motifs is 3. The molecule has 0 aliphatic carbocycles. The van der Waals surface area contributed by atoms with Gasteiger partial charge in [0.1, 0.15) is 0 Å².